The molecule has 0 aliphatic carbocycles. The van der Waals surface area contributed by atoms with Gasteiger partial charge in [-0.1, -0.05) is 12.8 Å². The number of likely N-dealkylation sites (tertiary alicyclic amines) is 1. The number of hydrogen-bond acceptors (Lipinski definition) is 4. The van der Waals surface area contributed by atoms with Gasteiger partial charge in [0.15, 0.2) is 0 Å². The zero-order valence-corrected chi connectivity index (χ0v) is 11.5. The summed E-state index contributed by atoms with van der Waals surface area (Å²) < 4.78 is 2.08. The lowest BCUT2D eigenvalue weighted by Crippen LogP contribution is -2.36. The summed E-state index contributed by atoms with van der Waals surface area (Å²) in [6.45, 7) is 0.739. The maximum atomic E-state index is 12.6. The summed E-state index contributed by atoms with van der Waals surface area (Å²) in [5.41, 5.74) is 1.16. The van der Waals surface area contributed by atoms with E-state index in [1.165, 1.54) is 0 Å². The summed E-state index contributed by atoms with van der Waals surface area (Å²) in [7, 11) is 2.01. The third-order valence-electron chi connectivity index (χ3n) is 3.88. The molecule has 1 amide bonds. The van der Waals surface area contributed by atoms with Crippen LogP contribution in [0.5, 0.6) is 0 Å². The normalized spacial score (nSPS) is 19.9. The number of H-pyrrole nitrogens is 1. The second kappa shape index (κ2) is 5.44. The number of nitrogens with zero attached hydrogens (tertiary/aromatic N) is 5. The molecule has 0 spiro atoms. The number of nitrogens with one attached hydrogen (secondary N) is 1. The zero-order chi connectivity index (χ0) is 13.9. The standard InChI is InChI=1S/C13H18N6O/c1-18-8-5-7-10(18)11-6-3-2-4-9-19(11)13(20)12-14-16-17-15-12/h5,7-8,11H,2-4,6,9H2,1H3,(H,14,15,16,17). The van der Waals surface area contributed by atoms with Gasteiger partial charge in [-0.25, -0.2) is 0 Å². The molecule has 20 heavy (non-hydrogen) atoms. The van der Waals surface area contributed by atoms with Crippen molar-refractivity contribution >= 4 is 5.91 Å². The van der Waals surface area contributed by atoms with Crippen LogP contribution in [0, 0.1) is 0 Å². The highest BCUT2D eigenvalue weighted by molar-refractivity contribution is 5.90. The second-order valence-electron chi connectivity index (χ2n) is 5.14. The summed E-state index contributed by atoms with van der Waals surface area (Å²) in [4.78, 5) is 14.4. The zero-order valence-electron chi connectivity index (χ0n) is 11.5. The number of rotatable bonds is 2. The lowest BCUT2D eigenvalue weighted by molar-refractivity contribution is 0.0662. The minimum Gasteiger partial charge on any atom is -0.353 e. The van der Waals surface area contributed by atoms with Crippen LogP contribution in [0.1, 0.15) is 48.0 Å². The van der Waals surface area contributed by atoms with E-state index in [0.717, 1.165) is 37.9 Å². The Morgan fingerprint density at radius 1 is 1.40 bits per heavy atom. The van der Waals surface area contributed by atoms with E-state index in [1.54, 1.807) is 0 Å². The van der Waals surface area contributed by atoms with Crippen molar-refractivity contribution in [2.45, 2.75) is 31.7 Å². The Balaban J connectivity index is 1.92. The molecule has 106 valence electrons. The van der Waals surface area contributed by atoms with E-state index in [-0.39, 0.29) is 17.8 Å². The first-order valence-corrected chi connectivity index (χ1v) is 6.93. The second-order valence-corrected chi connectivity index (χ2v) is 5.14. The summed E-state index contributed by atoms with van der Waals surface area (Å²) >= 11 is 0. The molecular formula is C13H18N6O. The quantitative estimate of drug-likeness (QED) is 0.895. The Labute approximate surface area is 117 Å². The predicted molar refractivity (Wildman–Crippen MR) is 71.8 cm³/mol. The summed E-state index contributed by atoms with van der Waals surface area (Å²) in [6.07, 6.45) is 6.28. The molecule has 0 bridgehead atoms. The van der Waals surface area contributed by atoms with Crippen LogP contribution in [0.25, 0.3) is 0 Å². The molecule has 1 atom stereocenters. The largest absolute Gasteiger partial charge is 0.353 e. The van der Waals surface area contributed by atoms with Gasteiger partial charge >= 0.3 is 0 Å². The van der Waals surface area contributed by atoms with Gasteiger partial charge in [0.25, 0.3) is 11.7 Å². The van der Waals surface area contributed by atoms with E-state index in [0.29, 0.717) is 0 Å². The number of hydrogen-bond donors (Lipinski definition) is 1. The molecule has 2 aromatic heterocycles. The van der Waals surface area contributed by atoms with Crippen molar-refractivity contribution in [2.75, 3.05) is 6.54 Å². The molecule has 1 unspecified atom stereocenters. The van der Waals surface area contributed by atoms with Gasteiger partial charge < -0.3 is 9.47 Å². The molecule has 3 heterocycles. The highest BCUT2D eigenvalue weighted by Crippen LogP contribution is 2.30. The van der Waals surface area contributed by atoms with Crippen molar-refractivity contribution in [1.29, 1.82) is 0 Å². The van der Waals surface area contributed by atoms with E-state index in [9.17, 15) is 4.79 Å². The van der Waals surface area contributed by atoms with Crippen molar-refractivity contribution in [3.63, 3.8) is 0 Å². The minimum absolute atomic E-state index is 0.0866. The Kier molecular flexibility index (Phi) is 3.49. The average Bonchev–Trinajstić information content (AvgIpc) is 3.05. The summed E-state index contributed by atoms with van der Waals surface area (Å²) in [5, 5.41) is 13.5. The minimum atomic E-state index is -0.146. The van der Waals surface area contributed by atoms with Gasteiger partial charge in [-0.3, -0.25) is 4.79 Å². The van der Waals surface area contributed by atoms with E-state index in [2.05, 4.69) is 31.3 Å². The fourth-order valence-electron chi connectivity index (χ4n) is 2.86. The SMILES string of the molecule is Cn1cccc1C1CCCCCN1C(=O)c1nn[nH]n1. The van der Waals surface area contributed by atoms with Crippen molar-refractivity contribution in [1.82, 2.24) is 30.1 Å². The number of carbonyl (C=O) groups excluding carboxylic acids is 1. The molecule has 1 N–H and O–H groups in total. The van der Waals surface area contributed by atoms with Crippen LogP contribution in [0.2, 0.25) is 0 Å². The van der Waals surface area contributed by atoms with E-state index in [4.69, 9.17) is 0 Å². The molecular weight excluding hydrogens is 256 g/mol. The third kappa shape index (κ3) is 2.31. The molecule has 1 saturated heterocycles. The lowest BCUT2D eigenvalue weighted by Gasteiger charge is -2.29. The van der Waals surface area contributed by atoms with Gasteiger partial charge in [-0.15, -0.1) is 10.2 Å². The Morgan fingerprint density at radius 3 is 3.00 bits per heavy atom. The monoisotopic (exact) mass is 274 g/mol. The number of carbonyl (C=O) groups is 1. The Hall–Kier alpha value is -2.18. The van der Waals surface area contributed by atoms with Crippen molar-refractivity contribution in [2.24, 2.45) is 7.05 Å². The van der Waals surface area contributed by atoms with Crippen LogP contribution >= 0.6 is 0 Å². The van der Waals surface area contributed by atoms with Gasteiger partial charge in [0, 0.05) is 25.5 Å². The van der Waals surface area contributed by atoms with Crippen molar-refractivity contribution in [3.8, 4) is 0 Å². The first-order chi connectivity index (χ1) is 9.77. The van der Waals surface area contributed by atoms with Gasteiger partial charge in [0.05, 0.1) is 6.04 Å². The summed E-state index contributed by atoms with van der Waals surface area (Å²) in [6, 6.07) is 4.17. The number of aryl methyl sites for hydroxylation is 1. The highest BCUT2D eigenvalue weighted by Gasteiger charge is 2.30. The molecule has 0 aromatic carbocycles. The molecule has 1 fully saturated rings. The topological polar surface area (TPSA) is 79.7 Å². The van der Waals surface area contributed by atoms with Gasteiger partial charge in [0.1, 0.15) is 0 Å². The Bertz CT molecular complexity index is 575. The molecule has 3 rings (SSSR count). The van der Waals surface area contributed by atoms with Gasteiger partial charge in [0.2, 0.25) is 0 Å². The molecule has 1 aliphatic rings. The molecule has 7 heteroatoms. The first-order valence-electron chi connectivity index (χ1n) is 6.93. The van der Waals surface area contributed by atoms with Crippen LogP contribution < -0.4 is 0 Å². The number of aromatic nitrogens is 5. The lowest BCUT2D eigenvalue weighted by atomic mass is 10.1. The van der Waals surface area contributed by atoms with Gasteiger partial charge in [-0.05, 0) is 30.2 Å². The molecule has 1 aliphatic heterocycles. The van der Waals surface area contributed by atoms with Crippen LogP contribution in [0.15, 0.2) is 18.3 Å². The molecule has 0 saturated carbocycles. The number of tetrazole rings is 1. The smallest absolute Gasteiger partial charge is 0.296 e. The third-order valence-corrected chi connectivity index (χ3v) is 3.88. The van der Waals surface area contributed by atoms with E-state index >= 15 is 0 Å². The first kappa shape index (κ1) is 12.8. The number of amides is 1. The van der Waals surface area contributed by atoms with Crippen LogP contribution in [-0.4, -0.2) is 42.5 Å². The maximum Gasteiger partial charge on any atom is 0.296 e. The maximum absolute atomic E-state index is 12.6. The Morgan fingerprint density at radius 2 is 2.30 bits per heavy atom. The molecule has 0 radical (unpaired) electrons. The highest BCUT2D eigenvalue weighted by atomic mass is 16.2. The van der Waals surface area contributed by atoms with E-state index in [1.807, 2.05) is 24.2 Å². The fourth-order valence-corrected chi connectivity index (χ4v) is 2.86. The van der Waals surface area contributed by atoms with Crippen LogP contribution in [-0.2, 0) is 7.05 Å². The van der Waals surface area contributed by atoms with Gasteiger partial charge in [-0.2, -0.15) is 5.21 Å². The number of aromatic amines is 1. The predicted octanol–water partition coefficient (Wildman–Crippen LogP) is 1.30. The van der Waals surface area contributed by atoms with Crippen molar-refractivity contribution in [3.05, 3.63) is 29.8 Å². The summed E-state index contributed by atoms with van der Waals surface area (Å²) in [5.74, 6) is -0.00189. The molecule has 7 nitrogen and oxygen atoms in total. The van der Waals surface area contributed by atoms with Crippen LogP contribution in [0.4, 0.5) is 0 Å². The average molecular weight is 274 g/mol. The van der Waals surface area contributed by atoms with Crippen molar-refractivity contribution < 1.29 is 4.79 Å². The van der Waals surface area contributed by atoms with E-state index < -0.39 is 0 Å². The van der Waals surface area contributed by atoms with Crippen LogP contribution in [0.3, 0.4) is 0 Å². The molecule has 2 aromatic rings. The fraction of sp³-hybridized carbons (Fsp3) is 0.538.